The van der Waals surface area contributed by atoms with Gasteiger partial charge in [0, 0.05) is 51.3 Å². The molecule has 3 rings (SSSR count). The molecule has 4 N–H and O–H groups in total. The quantitative estimate of drug-likeness (QED) is 0.223. The second-order valence-electron chi connectivity index (χ2n) is 7.44. The minimum absolute atomic E-state index is 0.0782. The van der Waals surface area contributed by atoms with Crippen LogP contribution < -0.4 is 21.3 Å². The van der Waals surface area contributed by atoms with E-state index in [1.54, 1.807) is 10.9 Å². The Hall–Kier alpha value is -3.67. The molecule has 0 atom stereocenters. The number of amides is 2. The fourth-order valence-corrected chi connectivity index (χ4v) is 3.68. The first-order chi connectivity index (χ1) is 16.4. The monoisotopic (exact) mass is 483 g/mol. The summed E-state index contributed by atoms with van der Waals surface area (Å²) in [5.41, 5.74) is 1.75. The Bertz CT molecular complexity index is 1110. The molecule has 0 unspecified atom stereocenters. The van der Waals surface area contributed by atoms with E-state index in [0.717, 1.165) is 11.1 Å². The van der Waals surface area contributed by atoms with Crippen LogP contribution >= 0.6 is 11.8 Å². The summed E-state index contributed by atoms with van der Waals surface area (Å²) in [6.45, 7) is 5.36. The SMILES string of the molecule is CC(=O)NCCNc1nc(-c2ccccc2)nc(NCCNC(=O)CSc2nncn2C)c1C. The van der Waals surface area contributed by atoms with Crippen LogP contribution in [0.5, 0.6) is 0 Å². The van der Waals surface area contributed by atoms with Gasteiger partial charge in [-0.05, 0) is 6.92 Å². The first-order valence-corrected chi connectivity index (χ1v) is 11.8. The standard InChI is InChI=1S/C22H29N9O2S/c1-15-19(25-11-9-23-16(2)32)28-21(17-7-5-4-6-8-17)29-20(15)26-12-10-24-18(33)13-34-22-30-27-14-31(22)3/h4-8,14H,9-13H2,1-3H3,(H,23,32)(H,24,33)(H2,25,26,28,29). The van der Waals surface area contributed by atoms with Crippen LogP contribution in [-0.2, 0) is 16.6 Å². The normalized spacial score (nSPS) is 10.6. The number of carbonyl (C=O) groups excluding carboxylic acids is 2. The highest BCUT2D eigenvalue weighted by Crippen LogP contribution is 2.24. The zero-order valence-corrected chi connectivity index (χ0v) is 20.3. The minimum atomic E-state index is -0.0838. The summed E-state index contributed by atoms with van der Waals surface area (Å²) >= 11 is 1.33. The van der Waals surface area contributed by atoms with E-state index in [4.69, 9.17) is 0 Å². The smallest absolute Gasteiger partial charge is 0.230 e. The average Bonchev–Trinajstić information content (AvgIpc) is 3.24. The number of aromatic nitrogens is 5. The maximum atomic E-state index is 12.1. The maximum absolute atomic E-state index is 12.1. The van der Waals surface area contributed by atoms with Crippen molar-refractivity contribution in [1.29, 1.82) is 0 Å². The molecule has 1 aromatic carbocycles. The fraction of sp³-hybridized carbons (Fsp3) is 0.364. The molecule has 180 valence electrons. The Morgan fingerprint density at radius 1 is 0.971 bits per heavy atom. The van der Waals surface area contributed by atoms with Gasteiger partial charge in [-0.15, -0.1) is 10.2 Å². The van der Waals surface area contributed by atoms with Crippen molar-refractivity contribution in [2.75, 3.05) is 42.6 Å². The van der Waals surface area contributed by atoms with Crippen molar-refractivity contribution >= 4 is 35.2 Å². The number of anilines is 2. The Labute approximate surface area is 202 Å². The van der Waals surface area contributed by atoms with Crippen molar-refractivity contribution in [1.82, 2.24) is 35.4 Å². The van der Waals surface area contributed by atoms with E-state index >= 15 is 0 Å². The first-order valence-electron chi connectivity index (χ1n) is 10.8. The lowest BCUT2D eigenvalue weighted by Gasteiger charge is -2.16. The number of nitrogens with one attached hydrogen (secondary N) is 4. The summed E-state index contributed by atoms with van der Waals surface area (Å²) < 4.78 is 1.77. The Balaban J connectivity index is 1.59. The van der Waals surface area contributed by atoms with Crippen molar-refractivity contribution in [2.24, 2.45) is 7.05 Å². The number of aryl methyl sites for hydroxylation is 1. The van der Waals surface area contributed by atoms with E-state index in [-0.39, 0.29) is 17.6 Å². The zero-order chi connectivity index (χ0) is 24.3. The maximum Gasteiger partial charge on any atom is 0.230 e. The Morgan fingerprint density at radius 2 is 1.62 bits per heavy atom. The molecule has 0 fully saturated rings. The predicted octanol–water partition coefficient (Wildman–Crippen LogP) is 1.45. The molecule has 0 spiro atoms. The lowest BCUT2D eigenvalue weighted by molar-refractivity contribution is -0.119. The van der Waals surface area contributed by atoms with Gasteiger partial charge in [-0.3, -0.25) is 9.59 Å². The molecule has 2 aromatic heterocycles. The van der Waals surface area contributed by atoms with Gasteiger partial charge >= 0.3 is 0 Å². The van der Waals surface area contributed by atoms with Crippen LogP contribution in [0.1, 0.15) is 12.5 Å². The van der Waals surface area contributed by atoms with E-state index in [1.165, 1.54) is 18.7 Å². The third-order valence-electron chi connectivity index (χ3n) is 4.71. The summed E-state index contributed by atoms with van der Waals surface area (Å²) in [7, 11) is 1.83. The van der Waals surface area contributed by atoms with Gasteiger partial charge in [0.1, 0.15) is 18.0 Å². The summed E-state index contributed by atoms with van der Waals surface area (Å²) in [5, 5.41) is 20.7. The van der Waals surface area contributed by atoms with Gasteiger partial charge in [0.05, 0.1) is 5.75 Å². The van der Waals surface area contributed by atoms with E-state index in [1.807, 2.05) is 44.3 Å². The molecule has 34 heavy (non-hydrogen) atoms. The third-order valence-corrected chi connectivity index (χ3v) is 5.75. The molecular formula is C22H29N9O2S. The van der Waals surface area contributed by atoms with Crippen LogP contribution in [0.2, 0.25) is 0 Å². The zero-order valence-electron chi connectivity index (χ0n) is 19.5. The van der Waals surface area contributed by atoms with Gasteiger partial charge in [0.15, 0.2) is 11.0 Å². The lowest BCUT2D eigenvalue weighted by Crippen LogP contribution is -2.30. The second kappa shape index (κ2) is 12.5. The van der Waals surface area contributed by atoms with Crippen molar-refractivity contribution in [3.8, 4) is 11.4 Å². The van der Waals surface area contributed by atoms with E-state index in [9.17, 15) is 9.59 Å². The summed E-state index contributed by atoms with van der Waals surface area (Å²) in [6, 6.07) is 9.71. The van der Waals surface area contributed by atoms with Gasteiger partial charge in [0.25, 0.3) is 0 Å². The number of benzene rings is 1. The van der Waals surface area contributed by atoms with Crippen LogP contribution in [0.3, 0.4) is 0 Å². The molecule has 3 aromatic rings. The molecule has 2 amide bonds. The highest BCUT2D eigenvalue weighted by molar-refractivity contribution is 7.99. The number of carbonyl (C=O) groups is 2. The Kier molecular flexibility index (Phi) is 9.21. The molecule has 0 aliphatic heterocycles. The number of hydrogen-bond donors (Lipinski definition) is 4. The van der Waals surface area contributed by atoms with Crippen LogP contribution in [0.15, 0.2) is 41.8 Å². The summed E-state index contributed by atoms with van der Waals surface area (Å²) in [4.78, 5) is 32.6. The summed E-state index contributed by atoms with van der Waals surface area (Å²) in [6.07, 6.45) is 1.60. The second-order valence-corrected chi connectivity index (χ2v) is 8.38. The number of nitrogens with zero attached hydrogens (tertiary/aromatic N) is 5. The largest absolute Gasteiger partial charge is 0.368 e. The summed E-state index contributed by atoms with van der Waals surface area (Å²) in [5.74, 6) is 2.05. The van der Waals surface area contributed by atoms with Crippen LogP contribution in [0.25, 0.3) is 11.4 Å². The van der Waals surface area contributed by atoms with Gasteiger partial charge in [-0.1, -0.05) is 42.1 Å². The molecule has 0 saturated carbocycles. The van der Waals surface area contributed by atoms with Crippen LogP contribution in [0.4, 0.5) is 11.6 Å². The average molecular weight is 484 g/mol. The number of hydrogen-bond acceptors (Lipinski definition) is 9. The molecule has 12 heteroatoms. The van der Waals surface area contributed by atoms with Gasteiger partial charge < -0.3 is 25.8 Å². The van der Waals surface area contributed by atoms with Crippen molar-refractivity contribution in [3.05, 3.63) is 42.2 Å². The van der Waals surface area contributed by atoms with E-state index in [0.29, 0.717) is 48.8 Å². The predicted molar refractivity (Wildman–Crippen MR) is 133 cm³/mol. The van der Waals surface area contributed by atoms with E-state index < -0.39 is 0 Å². The molecule has 0 bridgehead atoms. The topological polar surface area (TPSA) is 139 Å². The highest BCUT2D eigenvalue weighted by Gasteiger charge is 2.12. The van der Waals surface area contributed by atoms with Gasteiger partial charge in [-0.25, -0.2) is 9.97 Å². The van der Waals surface area contributed by atoms with Gasteiger partial charge in [0.2, 0.25) is 11.8 Å². The Morgan fingerprint density at radius 3 is 2.21 bits per heavy atom. The molecule has 2 heterocycles. The van der Waals surface area contributed by atoms with Crippen molar-refractivity contribution in [2.45, 2.75) is 19.0 Å². The third kappa shape index (κ3) is 7.44. The molecule has 0 aliphatic carbocycles. The molecule has 11 nitrogen and oxygen atoms in total. The molecule has 0 radical (unpaired) electrons. The lowest BCUT2D eigenvalue weighted by atomic mass is 10.2. The molecular weight excluding hydrogens is 454 g/mol. The fourth-order valence-electron chi connectivity index (χ4n) is 2.96. The molecule has 0 saturated heterocycles. The van der Waals surface area contributed by atoms with Crippen LogP contribution in [0, 0.1) is 6.92 Å². The van der Waals surface area contributed by atoms with Gasteiger partial charge in [-0.2, -0.15) is 0 Å². The highest BCUT2D eigenvalue weighted by atomic mass is 32.2. The molecule has 0 aliphatic rings. The van der Waals surface area contributed by atoms with Crippen LogP contribution in [-0.4, -0.2) is 68.5 Å². The van der Waals surface area contributed by atoms with Crippen molar-refractivity contribution in [3.63, 3.8) is 0 Å². The van der Waals surface area contributed by atoms with E-state index in [2.05, 4.69) is 41.4 Å². The number of rotatable bonds is 12. The minimum Gasteiger partial charge on any atom is -0.368 e. The first kappa shape index (κ1) is 25.0. The number of thioether (sulfide) groups is 1. The van der Waals surface area contributed by atoms with Crippen molar-refractivity contribution < 1.29 is 9.59 Å².